The average Bonchev–Trinajstić information content (AvgIpc) is 2.49. The Morgan fingerprint density at radius 1 is 1.38 bits per heavy atom. The third-order valence-electron chi connectivity index (χ3n) is 4.23. The summed E-state index contributed by atoms with van der Waals surface area (Å²) in [4.78, 5) is 14.4. The van der Waals surface area contributed by atoms with Gasteiger partial charge in [0.2, 0.25) is 5.91 Å². The number of hydrogen-bond acceptors (Lipinski definition) is 2. The summed E-state index contributed by atoms with van der Waals surface area (Å²) < 4.78 is 0. The highest BCUT2D eigenvalue weighted by molar-refractivity contribution is 5.97. The molecule has 0 aliphatic carbocycles. The molecule has 1 aliphatic rings. The van der Waals surface area contributed by atoms with Crippen molar-refractivity contribution in [1.29, 1.82) is 0 Å². The molecule has 1 fully saturated rings. The highest BCUT2D eigenvalue weighted by Crippen LogP contribution is 2.21. The van der Waals surface area contributed by atoms with Gasteiger partial charge in [-0.25, -0.2) is 0 Å². The molecule has 2 rings (SSSR count). The summed E-state index contributed by atoms with van der Waals surface area (Å²) in [6, 6.07) is 8.16. The number of aliphatic hydroxyl groups is 1. The number of carbonyl (C=O) groups excluding carboxylic acids is 1. The van der Waals surface area contributed by atoms with Gasteiger partial charge < -0.3 is 10.0 Å². The first-order valence-electron chi connectivity index (χ1n) is 7.69. The Bertz CT molecular complexity index is 517. The predicted molar refractivity (Wildman–Crippen MR) is 85.8 cm³/mol. The maximum absolute atomic E-state index is 12.5. The van der Waals surface area contributed by atoms with Crippen LogP contribution in [-0.4, -0.2) is 35.1 Å². The van der Waals surface area contributed by atoms with E-state index in [2.05, 4.69) is 6.92 Å². The highest BCUT2D eigenvalue weighted by atomic mass is 16.3. The lowest BCUT2D eigenvalue weighted by Crippen LogP contribution is -2.43. The normalized spacial score (nSPS) is 21.2. The van der Waals surface area contributed by atoms with Gasteiger partial charge in [0, 0.05) is 24.6 Å². The van der Waals surface area contributed by atoms with Gasteiger partial charge in [0.25, 0.3) is 0 Å². The molecule has 0 aromatic heterocycles. The van der Waals surface area contributed by atoms with Crippen molar-refractivity contribution in [3.8, 4) is 0 Å². The van der Waals surface area contributed by atoms with Gasteiger partial charge in [-0.15, -0.1) is 0 Å². The van der Waals surface area contributed by atoms with Crippen LogP contribution in [0.2, 0.25) is 0 Å². The molecule has 0 spiro atoms. The van der Waals surface area contributed by atoms with Crippen LogP contribution in [0.4, 0.5) is 0 Å². The Balaban J connectivity index is 2.06. The van der Waals surface area contributed by atoms with Crippen molar-refractivity contribution in [2.24, 2.45) is 5.92 Å². The standard InChI is InChI=1S/C18H25NO2/c1-13-6-8-16(9-7-13)11-14(2)18(21)19-10-4-5-17(12-19)15(3)20/h6-9,11,15,17,20H,4-5,10,12H2,1-3H3/b14-11+. The molecule has 1 amide bonds. The molecule has 0 bridgehead atoms. The lowest BCUT2D eigenvalue weighted by molar-refractivity contribution is -0.129. The first-order chi connectivity index (χ1) is 9.97. The number of hydrogen-bond donors (Lipinski definition) is 1. The van der Waals surface area contributed by atoms with E-state index in [0.717, 1.165) is 30.5 Å². The quantitative estimate of drug-likeness (QED) is 0.868. The van der Waals surface area contributed by atoms with Crippen LogP contribution in [-0.2, 0) is 4.79 Å². The molecule has 0 saturated carbocycles. The number of likely N-dealkylation sites (tertiary alicyclic amines) is 1. The zero-order chi connectivity index (χ0) is 15.4. The second-order valence-corrected chi connectivity index (χ2v) is 6.13. The molecule has 3 heteroatoms. The van der Waals surface area contributed by atoms with E-state index in [-0.39, 0.29) is 17.9 Å². The van der Waals surface area contributed by atoms with E-state index in [1.165, 1.54) is 5.56 Å². The van der Waals surface area contributed by atoms with Crippen LogP contribution in [0.1, 0.15) is 37.8 Å². The third-order valence-corrected chi connectivity index (χ3v) is 4.23. The molecule has 0 radical (unpaired) electrons. The molecule has 1 heterocycles. The largest absolute Gasteiger partial charge is 0.393 e. The maximum atomic E-state index is 12.5. The van der Waals surface area contributed by atoms with Gasteiger partial charge in [0.1, 0.15) is 0 Å². The Hall–Kier alpha value is -1.61. The summed E-state index contributed by atoms with van der Waals surface area (Å²) in [5, 5.41) is 9.72. The lowest BCUT2D eigenvalue weighted by Gasteiger charge is -2.34. The Labute approximate surface area is 127 Å². The van der Waals surface area contributed by atoms with Crippen LogP contribution >= 0.6 is 0 Å². The summed E-state index contributed by atoms with van der Waals surface area (Å²) in [5.41, 5.74) is 3.02. The van der Waals surface area contributed by atoms with E-state index in [1.807, 2.05) is 49.1 Å². The van der Waals surface area contributed by atoms with E-state index >= 15 is 0 Å². The number of aryl methyl sites for hydroxylation is 1. The summed E-state index contributed by atoms with van der Waals surface area (Å²) in [6.45, 7) is 7.19. The van der Waals surface area contributed by atoms with Crippen LogP contribution in [0.5, 0.6) is 0 Å². The minimum atomic E-state index is -0.345. The zero-order valence-corrected chi connectivity index (χ0v) is 13.2. The van der Waals surface area contributed by atoms with Crippen molar-refractivity contribution in [2.45, 2.75) is 39.7 Å². The van der Waals surface area contributed by atoms with Gasteiger partial charge in [-0.3, -0.25) is 4.79 Å². The molecule has 1 aromatic carbocycles. The smallest absolute Gasteiger partial charge is 0.249 e. The SMILES string of the molecule is C/C(=C\c1ccc(C)cc1)C(=O)N1CCCC(C(C)O)C1. The highest BCUT2D eigenvalue weighted by Gasteiger charge is 2.26. The number of aliphatic hydroxyl groups excluding tert-OH is 1. The molecule has 21 heavy (non-hydrogen) atoms. The Morgan fingerprint density at radius 3 is 2.67 bits per heavy atom. The fourth-order valence-corrected chi connectivity index (χ4v) is 2.81. The summed E-state index contributed by atoms with van der Waals surface area (Å²) in [5.74, 6) is 0.288. The zero-order valence-electron chi connectivity index (χ0n) is 13.2. The van der Waals surface area contributed by atoms with Gasteiger partial charge in [-0.1, -0.05) is 29.8 Å². The van der Waals surface area contributed by atoms with Crippen molar-refractivity contribution in [1.82, 2.24) is 4.90 Å². The maximum Gasteiger partial charge on any atom is 0.249 e. The molecule has 114 valence electrons. The molecular formula is C18H25NO2. The van der Waals surface area contributed by atoms with Crippen molar-refractivity contribution < 1.29 is 9.90 Å². The lowest BCUT2D eigenvalue weighted by atomic mass is 9.93. The minimum absolute atomic E-state index is 0.0842. The molecule has 2 atom stereocenters. The molecule has 2 unspecified atom stereocenters. The molecule has 1 saturated heterocycles. The van der Waals surface area contributed by atoms with Gasteiger partial charge in [0.15, 0.2) is 0 Å². The Morgan fingerprint density at radius 2 is 2.05 bits per heavy atom. The van der Waals surface area contributed by atoms with Crippen LogP contribution in [0.15, 0.2) is 29.8 Å². The first-order valence-corrected chi connectivity index (χ1v) is 7.69. The third kappa shape index (κ3) is 4.18. The number of piperidine rings is 1. The Kier molecular flexibility index (Phi) is 5.18. The van der Waals surface area contributed by atoms with Gasteiger partial charge in [0.05, 0.1) is 6.10 Å². The fraction of sp³-hybridized carbons (Fsp3) is 0.500. The van der Waals surface area contributed by atoms with E-state index < -0.39 is 0 Å². The van der Waals surface area contributed by atoms with Crippen molar-refractivity contribution in [3.05, 3.63) is 41.0 Å². The predicted octanol–water partition coefficient (Wildman–Crippen LogP) is 3.02. The monoisotopic (exact) mass is 287 g/mol. The number of carbonyl (C=O) groups is 1. The fourth-order valence-electron chi connectivity index (χ4n) is 2.81. The molecule has 3 nitrogen and oxygen atoms in total. The van der Waals surface area contributed by atoms with Crippen LogP contribution in [0.3, 0.4) is 0 Å². The summed E-state index contributed by atoms with van der Waals surface area (Å²) in [7, 11) is 0. The van der Waals surface area contributed by atoms with Crippen molar-refractivity contribution >= 4 is 12.0 Å². The first kappa shape index (κ1) is 15.8. The minimum Gasteiger partial charge on any atom is -0.393 e. The van der Waals surface area contributed by atoms with E-state index in [9.17, 15) is 9.90 Å². The average molecular weight is 287 g/mol. The van der Waals surface area contributed by atoms with Crippen molar-refractivity contribution in [2.75, 3.05) is 13.1 Å². The van der Waals surface area contributed by atoms with Crippen LogP contribution < -0.4 is 0 Å². The topological polar surface area (TPSA) is 40.5 Å². The number of rotatable bonds is 3. The molecule has 1 aliphatic heterocycles. The van der Waals surface area contributed by atoms with E-state index in [4.69, 9.17) is 0 Å². The van der Waals surface area contributed by atoms with E-state index in [1.54, 1.807) is 0 Å². The number of benzene rings is 1. The van der Waals surface area contributed by atoms with Gasteiger partial charge >= 0.3 is 0 Å². The summed E-state index contributed by atoms with van der Waals surface area (Å²) >= 11 is 0. The second kappa shape index (κ2) is 6.90. The van der Waals surface area contributed by atoms with Crippen molar-refractivity contribution in [3.63, 3.8) is 0 Å². The van der Waals surface area contributed by atoms with Gasteiger partial charge in [-0.2, -0.15) is 0 Å². The van der Waals surface area contributed by atoms with E-state index in [0.29, 0.717) is 6.54 Å². The molecular weight excluding hydrogens is 262 g/mol. The molecule has 1 N–H and O–H groups in total. The van der Waals surface area contributed by atoms with Crippen LogP contribution in [0.25, 0.3) is 6.08 Å². The van der Waals surface area contributed by atoms with Gasteiger partial charge in [-0.05, 0) is 45.3 Å². The second-order valence-electron chi connectivity index (χ2n) is 6.13. The van der Waals surface area contributed by atoms with Crippen LogP contribution in [0, 0.1) is 12.8 Å². The summed E-state index contributed by atoms with van der Waals surface area (Å²) in [6.07, 6.45) is 3.57. The molecule has 1 aromatic rings. The number of amides is 1. The number of nitrogens with zero attached hydrogens (tertiary/aromatic N) is 1.